The van der Waals surface area contributed by atoms with E-state index < -0.39 is 17.2 Å². The van der Waals surface area contributed by atoms with Crippen LogP contribution in [0.4, 0.5) is 8.78 Å². The molecule has 0 radical (unpaired) electrons. The summed E-state index contributed by atoms with van der Waals surface area (Å²) in [6.07, 6.45) is 4.88. The van der Waals surface area contributed by atoms with Crippen molar-refractivity contribution in [2.24, 2.45) is 0 Å². The smallest absolute Gasteiger partial charge is 0.165 e. The highest BCUT2D eigenvalue weighted by atomic mass is 19.2. The molecule has 0 unspecified atom stereocenters. The first-order valence-electron chi connectivity index (χ1n) is 6.22. The fourth-order valence-electron chi connectivity index (χ4n) is 2.59. The lowest BCUT2D eigenvalue weighted by atomic mass is 9.85. The summed E-state index contributed by atoms with van der Waals surface area (Å²) < 4.78 is 27.4. The van der Waals surface area contributed by atoms with Gasteiger partial charge < -0.3 is 5.11 Å². The lowest BCUT2D eigenvalue weighted by Crippen LogP contribution is -2.26. The van der Waals surface area contributed by atoms with Crippen molar-refractivity contribution in [1.29, 1.82) is 0 Å². The van der Waals surface area contributed by atoms with Crippen molar-refractivity contribution in [2.75, 3.05) is 0 Å². The third kappa shape index (κ3) is 2.34. The first-order valence-corrected chi connectivity index (χ1v) is 6.22. The quantitative estimate of drug-likeness (QED) is 0.740. The van der Waals surface area contributed by atoms with Gasteiger partial charge in [0, 0.05) is 5.56 Å². The van der Waals surface area contributed by atoms with E-state index in [4.69, 9.17) is 0 Å². The summed E-state index contributed by atoms with van der Waals surface area (Å²) in [7, 11) is 0. The van der Waals surface area contributed by atoms with Crippen LogP contribution in [0.25, 0.3) is 0 Å². The van der Waals surface area contributed by atoms with Crippen LogP contribution in [0, 0.1) is 18.6 Å². The molecule has 1 saturated carbocycles. The Bertz CT molecular complexity index is 407. The molecule has 1 nitrogen and oxygen atoms in total. The number of halogens is 2. The van der Waals surface area contributed by atoms with E-state index in [-0.39, 0.29) is 11.1 Å². The van der Waals surface area contributed by atoms with Crippen molar-refractivity contribution in [3.8, 4) is 0 Å². The van der Waals surface area contributed by atoms with Gasteiger partial charge in [-0.05, 0) is 25.3 Å². The van der Waals surface area contributed by atoms with Gasteiger partial charge in [0.1, 0.15) is 0 Å². The second-order valence-corrected chi connectivity index (χ2v) is 5.00. The van der Waals surface area contributed by atoms with Gasteiger partial charge in [0.2, 0.25) is 0 Å². The van der Waals surface area contributed by atoms with Crippen LogP contribution in [0.1, 0.15) is 49.7 Å². The van der Waals surface area contributed by atoms with E-state index in [0.717, 1.165) is 25.7 Å². The Hall–Kier alpha value is -0.960. The summed E-state index contributed by atoms with van der Waals surface area (Å²) in [4.78, 5) is 0. The predicted octanol–water partition coefficient (Wildman–Crippen LogP) is 3.82. The molecule has 1 N–H and O–H groups in total. The molecule has 0 aliphatic heterocycles. The average Bonchev–Trinajstić information content (AvgIpc) is 2.52. The Morgan fingerprint density at radius 1 is 1.00 bits per heavy atom. The molecule has 2 rings (SSSR count). The van der Waals surface area contributed by atoms with Crippen molar-refractivity contribution in [2.45, 2.75) is 51.0 Å². The summed E-state index contributed by atoms with van der Waals surface area (Å²) in [6.45, 7) is 1.53. The molecule has 94 valence electrons. The monoisotopic (exact) mass is 240 g/mol. The standard InChI is InChI=1S/C14H18F2O/c1-10-6-7-11(13(16)12(10)15)14(17)8-4-2-3-5-9-14/h6-7,17H,2-5,8-9H2,1H3. The Labute approximate surface area is 100 Å². The van der Waals surface area contributed by atoms with Crippen LogP contribution in [0.3, 0.4) is 0 Å². The van der Waals surface area contributed by atoms with Crippen LogP contribution in [0.15, 0.2) is 12.1 Å². The fraction of sp³-hybridized carbons (Fsp3) is 0.571. The van der Waals surface area contributed by atoms with Crippen LogP contribution < -0.4 is 0 Å². The normalized spacial score (nSPS) is 20.0. The zero-order valence-electron chi connectivity index (χ0n) is 10.1. The summed E-state index contributed by atoms with van der Waals surface area (Å²) >= 11 is 0. The predicted molar refractivity (Wildman–Crippen MR) is 62.7 cm³/mol. The molecule has 3 heteroatoms. The molecule has 0 bridgehead atoms. The fourth-order valence-corrected chi connectivity index (χ4v) is 2.59. The Balaban J connectivity index is 2.41. The number of hydrogen-bond donors (Lipinski definition) is 1. The van der Waals surface area contributed by atoms with Gasteiger partial charge in [-0.1, -0.05) is 37.8 Å². The highest BCUT2D eigenvalue weighted by molar-refractivity contribution is 5.30. The highest BCUT2D eigenvalue weighted by Crippen LogP contribution is 2.37. The van der Waals surface area contributed by atoms with Crippen LogP contribution in [0.2, 0.25) is 0 Å². The molecule has 0 amide bonds. The molecule has 0 heterocycles. The highest BCUT2D eigenvalue weighted by Gasteiger charge is 2.33. The molecule has 17 heavy (non-hydrogen) atoms. The zero-order valence-corrected chi connectivity index (χ0v) is 10.1. The van der Waals surface area contributed by atoms with Crippen molar-refractivity contribution < 1.29 is 13.9 Å². The topological polar surface area (TPSA) is 20.2 Å². The number of rotatable bonds is 1. The van der Waals surface area contributed by atoms with Gasteiger partial charge >= 0.3 is 0 Å². The summed E-state index contributed by atoms with van der Waals surface area (Å²) in [6, 6.07) is 3.07. The van der Waals surface area contributed by atoms with E-state index in [1.807, 2.05) is 0 Å². The van der Waals surface area contributed by atoms with Gasteiger partial charge in [-0.15, -0.1) is 0 Å². The molecule has 0 atom stereocenters. The molecule has 0 aromatic heterocycles. The molecule has 1 aromatic carbocycles. The molecular formula is C14H18F2O. The van der Waals surface area contributed by atoms with Gasteiger partial charge in [-0.25, -0.2) is 8.78 Å². The Morgan fingerprint density at radius 2 is 1.59 bits per heavy atom. The molecule has 1 fully saturated rings. The van der Waals surface area contributed by atoms with E-state index >= 15 is 0 Å². The van der Waals surface area contributed by atoms with E-state index in [2.05, 4.69) is 0 Å². The van der Waals surface area contributed by atoms with E-state index in [0.29, 0.717) is 12.8 Å². The largest absolute Gasteiger partial charge is 0.385 e. The molecule has 1 aliphatic rings. The van der Waals surface area contributed by atoms with Crippen LogP contribution in [-0.4, -0.2) is 5.11 Å². The SMILES string of the molecule is Cc1ccc(C2(O)CCCCCC2)c(F)c1F. The molecular weight excluding hydrogens is 222 g/mol. The molecule has 0 saturated heterocycles. The van der Waals surface area contributed by atoms with Crippen molar-refractivity contribution in [3.05, 3.63) is 34.9 Å². The Morgan fingerprint density at radius 3 is 2.18 bits per heavy atom. The minimum absolute atomic E-state index is 0.127. The third-order valence-electron chi connectivity index (χ3n) is 3.71. The van der Waals surface area contributed by atoms with Crippen molar-refractivity contribution >= 4 is 0 Å². The van der Waals surface area contributed by atoms with Gasteiger partial charge in [-0.2, -0.15) is 0 Å². The van der Waals surface area contributed by atoms with E-state index in [9.17, 15) is 13.9 Å². The van der Waals surface area contributed by atoms with Crippen LogP contribution in [-0.2, 0) is 5.60 Å². The van der Waals surface area contributed by atoms with Crippen molar-refractivity contribution in [3.63, 3.8) is 0 Å². The van der Waals surface area contributed by atoms with E-state index in [1.54, 1.807) is 0 Å². The molecule has 1 aromatic rings. The van der Waals surface area contributed by atoms with Gasteiger partial charge in [-0.3, -0.25) is 0 Å². The lowest BCUT2D eigenvalue weighted by molar-refractivity contribution is 0.0166. The molecule has 0 spiro atoms. The third-order valence-corrected chi connectivity index (χ3v) is 3.71. The second kappa shape index (κ2) is 4.73. The number of aryl methyl sites for hydroxylation is 1. The lowest BCUT2D eigenvalue weighted by Gasteiger charge is -2.27. The minimum atomic E-state index is -1.19. The second-order valence-electron chi connectivity index (χ2n) is 5.00. The summed E-state index contributed by atoms with van der Waals surface area (Å²) in [5.74, 6) is -1.71. The maximum Gasteiger partial charge on any atom is 0.165 e. The van der Waals surface area contributed by atoms with Crippen LogP contribution >= 0.6 is 0 Å². The maximum absolute atomic E-state index is 13.9. The minimum Gasteiger partial charge on any atom is -0.385 e. The molecule has 1 aliphatic carbocycles. The van der Waals surface area contributed by atoms with Crippen LogP contribution in [0.5, 0.6) is 0 Å². The number of benzene rings is 1. The first kappa shape index (κ1) is 12.5. The summed E-state index contributed by atoms with van der Waals surface area (Å²) in [5.41, 5.74) is -0.777. The van der Waals surface area contributed by atoms with Crippen molar-refractivity contribution in [1.82, 2.24) is 0 Å². The number of hydrogen-bond acceptors (Lipinski definition) is 1. The van der Waals surface area contributed by atoms with E-state index in [1.165, 1.54) is 19.1 Å². The van der Waals surface area contributed by atoms with Gasteiger partial charge in [0.25, 0.3) is 0 Å². The number of aliphatic hydroxyl groups is 1. The average molecular weight is 240 g/mol. The summed E-state index contributed by atoms with van der Waals surface area (Å²) in [5, 5.41) is 10.5. The zero-order chi connectivity index (χ0) is 12.5. The van der Waals surface area contributed by atoms with Gasteiger partial charge in [0.05, 0.1) is 5.60 Å². The maximum atomic E-state index is 13.9. The first-order chi connectivity index (χ1) is 8.04. The Kier molecular flexibility index (Phi) is 3.48. The van der Waals surface area contributed by atoms with Gasteiger partial charge in [0.15, 0.2) is 11.6 Å².